The second-order valence-electron chi connectivity index (χ2n) is 5.02. The molecule has 0 bridgehead atoms. The number of hydrogen-bond donors (Lipinski definition) is 3. The van der Waals surface area contributed by atoms with Crippen LogP contribution in [0.1, 0.15) is 19.3 Å². The summed E-state index contributed by atoms with van der Waals surface area (Å²) >= 11 is 0. The molecule has 3 N–H and O–H groups in total. The molecule has 1 saturated heterocycles. The summed E-state index contributed by atoms with van der Waals surface area (Å²) in [6, 6.07) is 8.25. The van der Waals surface area contributed by atoms with E-state index in [0.717, 1.165) is 18.8 Å². The molecule has 1 aromatic carbocycles. The topological polar surface area (TPSA) is 62.4 Å². The van der Waals surface area contributed by atoms with Gasteiger partial charge in [0, 0.05) is 31.4 Å². The molecule has 110 valence electrons. The Morgan fingerprint density at radius 1 is 1.45 bits per heavy atom. The largest absolute Gasteiger partial charge is 0.484 e. The molecule has 0 aliphatic carbocycles. The number of rotatable bonds is 6. The molecule has 1 heterocycles. The monoisotopic (exact) mass is 277 g/mol. The van der Waals surface area contributed by atoms with Gasteiger partial charge in [0.1, 0.15) is 5.75 Å². The standard InChI is InChI=1S/C15H23N3O2/c1-16-15(19)11-20-14-7-4-6-12(9-14)18-10-13-5-2-3-8-17-13/h4,6-7,9,13,17-18H,2-3,5,8,10-11H2,1H3,(H,16,19). The van der Waals surface area contributed by atoms with Crippen molar-refractivity contribution in [2.75, 3.05) is 32.1 Å². The van der Waals surface area contributed by atoms with E-state index < -0.39 is 0 Å². The molecule has 20 heavy (non-hydrogen) atoms. The highest BCUT2D eigenvalue weighted by Crippen LogP contribution is 2.18. The van der Waals surface area contributed by atoms with E-state index in [0.29, 0.717) is 11.8 Å². The van der Waals surface area contributed by atoms with Gasteiger partial charge in [-0.2, -0.15) is 0 Å². The number of hydrogen-bond acceptors (Lipinski definition) is 4. The molecule has 0 radical (unpaired) electrons. The Labute approximate surface area is 120 Å². The van der Waals surface area contributed by atoms with Gasteiger partial charge in [-0.15, -0.1) is 0 Å². The average Bonchev–Trinajstić information content (AvgIpc) is 2.52. The van der Waals surface area contributed by atoms with E-state index in [1.54, 1.807) is 7.05 Å². The molecule has 0 saturated carbocycles. The van der Waals surface area contributed by atoms with E-state index >= 15 is 0 Å². The summed E-state index contributed by atoms with van der Waals surface area (Å²) in [7, 11) is 1.60. The molecule has 1 aliphatic heterocycles. The van der Waals surface area contributed by atoms with E-state index in [2.05, 4.69) is 16.0 Å². The lowest BCUT2D eigenvalue weighted by molar-refractivity contribution is -0.122. The van der Waals surface area contributed by atoms with Gasteiger partial charge in [0.05, 0.1) is 0 Å². The Balaban J connectivity index is 1.80. The molecule has 1 aliphatic rings. The summed E-state index contributed by atoms with van der Waals surface area (Å²) in [6.45, 7) is 2.07. The van der Waals surface area contributed by atoms with Crippen LogP contribution in [-0.2, 0) is 4.79 Å². The first-order chi connectivity index (χ1) is 9.78. The van der Waals surface area contributed by atoms with Gasteiger partial charge in [-0.25, -0.2) is 0 Å². The molecule has 5 nitrogen and oxygen atoms in total. The van der Waals surface area contributed by atoms with Crippen LogP contribution in [0.5, 0.6) is 5.75 Å². The second kappa shape index (κ2) is 7.75. The number of piperidine rings is 1. The highest BCUT2D eigenvalue weighted by atomic mass is 16.5. The van der Waals surface area contributed by atoms with Gasteiger partial charge >= 0.3 is 0 Å². The highest BCUT2D eigenvalue weighted by Gasteiger charge is 2.11. The Bertz CT molecular complexity index is 431. The van der Waals surface area contributed by atoms with Gasteiger partial charge in [0.25, 0.3) is 5.91 Å². The van der Waals surface area contributed by atoms with Crippen molar-refractivity contribution in [3.63, 3.8) is 0 Å². The summed E-state index contributed by atoms with van der Waals surface area (Å²) in [4.78, 5) is 11.1. The zero-order chi connectivity index (χ0) is 14.2. The average molecular weight is 277 g/mol. The number of ether oxygens (including phenoxy) is 1. The number of likely N-dealkylation sites (N-methyl/N-ethyl adjacent to an activating group) is 1. The number of carbonyl (C=O) groups excluding carboxylic acids is 1. The second-order valence-corrected chi connectivity index (χ2v) is 5.02. The molecule has 1 atom stereocenters. The molecule has 5 heteroatoms. The molecule has 1 fully saturated rings. The lowest BCUT2D eigenvalue weighted by Gasteiger charge is -2.24. The maximum absolute atomic E-state index is 11.1. The normalized spacial score (nSPS) is 18.4. The van der Waals surface area contributed by atoms with E-state index in [4.69, 9.17) is 4.74 Å². The van der Waals surface area contributed by atoms with Gasteiger partial charge in [0.2, 0.25) is 0 Å². The SMILES string of the molecule is CNC(=O)COc1cccc(NCC2CCCCN2)c1. The van der Waals surface area contributed by atoms with Crippen LogP contribution in [0.4, 0.5) is 5.69 Å². The van der Waals surface area contributed by atoms with Crippen LogP contribution in [0, 0.1) is 0 Å². The van der Waals surface area contributed by atoms with Crippen molar-refractivity contribution in [1.82, 2.24) is 10.6 Å². The summed E-state index contributed by atoms with van der Waals surface area (Å²) in [5.74, 6) is 0.574. The number of nitrogens with one attached hydrogen (secondary N) is 3. The lowest BCUT2D eigenvalue weighted by Crippen LogP contribution is -2.39. The number of anilines is 1. The Kier molecular flexibility index (Phi) is 5.68. The van der Waals surface area contributed by atoms with Crippen LogP contribution in [-0.4, -0.2) is 38.7 Å². The van der Waals surface area contributed by atoms with E-state index in [1.807, 2.05) is 24.3 Å². The fraction of sp³-hybridized carbons (Fsp3) is 0.533. The summed E-state index contributed by atoms with van der Waals surface area (Å²) in [5, 5.41) is 9.45. The van der Waals surface area contributed by atoms with E-state index in [1.165, 1.54) is 19.3 Å². The van der Waals surface area contributed by atoms with Gasteiger partial charge < -0.3 is 20.7 Å². The zero-order valence-electron chi connectivity index (χ0n) is 11.9. The lowest BCUT2D eigenvalue weighted by atomic mass is 10.1. The predicted octanol–water partition coefficient (Wildman–Crippen LogP) is 1.37. The zero-order valence-corrected chi connectivity index (χ0v) is 11.9. The van der Waals surface area contributed by atoms with Gasteiger partial charge in [-0.3, -0.25) is 4.79 Å². The van der Waals surface area contributed by atoms with Crippen LogP contribution >= 0.6 is 0 Å². The third kappa shape index (κ3) is 4.74. The smallest absolute Gasteiger partial charge is 0.257 e. The summed E-state index contributed by atoms with van der Waals surface area (Å²) < 4.78 is 5.42. The summed E-state index contributed by atoms with van der Waals surface area (Å²) in [6.07, 6.45) is 3.80. The number of benzene rings is 1. The predicted molar refractivity (Wildman–Crippen MR) is 80.1 cm³/mol. The number of carbonyl (C=O) groups is 1. The Hall–Kier alpha value is -1.75. The van der Waals surface area contributed by atoms with E-state index in [9.17, 15) is 4.79 Å². The van der Waals surface area contributed by atoms with Crippen molar-refractivity contribution in [2.24, 2.45) is 0 Å². The molecular weight excluding hydrogens is 254 g/mol. The third-order valence-electron chi connectivity index (χ3n) is 3.45. The van der Waals surface area contributed by atoms with Gasteiger partial charge in [-0.05, 0) is 31.5 Å². The Morgan fingerprint density at radius 3 is 3.10 bits per heavy atom. The fourth-order valence-corrected chi connectivity index (χ4v) is 2.26. The van der Waals surface area contributed by atoms with E-state index in [-0.39, 0.29) is 12.5 Å². The summed E-state index contributed by atoms with van der Waals surface area (Å²) in [5.41, 5.74) is 1.02. The van der Waals surface area contributed by atoms with Gasteiger partial charge in [-0.1, -0.05) is 12.5 Å². The number of amides is 1. The minimum atomic E-state index is -0.130. The van der Waals surface area contributed by atoms with Gasteiger partial charge in [0.15, 0.2) is 6.61 Å². The van der Waals surface area contributed by atoms with Crippen molar-refractivity contribution in [3.05, 3.63) is 24.3 Å². The molecule has 0 spiro atoms. The van der Waals surface area contributed by atoms with Crippen molar-refractivity contribution in [2.45, 2.75) is 25.3 Å². The maximum atomic E-state index is 11.1. The van der Waals surface area contributed by atoms with Crippen LogP contribution in [0.25, 0.3) is 0 Å². The quantitative estimate of drug-likeness (QED) is 0.735. The molecule has 0 aromatic heterocycles. The van der Waals surface area contributed by atoms with Crippen molar-refractivity contribution in [1.29, 1.82) is 0 Å². The van der Waals surface area contributed by atoms with Crippen molar-refractivity contribution in [3.8, 4) is 5.75 Å². The maximum Gasteiger partial charge on any atom is 0.257 e. The first-order valence-electron chi connectivity index (χ1n) is 7.18. The Morgan fingerprint density at radius 2 is 2.35 bits per heavy atom. The van der Waals surface area contributed by atoms with Crippen LogP contribution < -0.4 is 20.7 Å². The van der Waals surface area contributed by atoms with Crippen molar-refractivity contribution < 1.29 is 9.53 Å². The van der Waals surface area contributed by atoms with Crippen LogP contribution in [0.15, 0.2) is 24.3 Å². The van der Waals surface area contributed by atoms with Crippen molar-refractivity contribution >= 4 is 11.6 Å². The highest BCUT2D eigenvalue weighted by molar-refractivity contribution is 5.77. The molecule has 1 unspecified atom stereocenters. The molecular formula is C15H23N3O2. The fourth-order valence-electron chi connectivity index (χ4n) is 2.26. The minimum absolute atomic E-state index is 0.0458. The third-order valence-corrected chi connectivity index (χ3v) is 3.45. The molecule has 2 rings (SSSR count). The van der Waals surface area contributed by atoms with Crippen LogP contribution in [0.2, 0.25) is 0 Å². The first kappa shape index (κ1) is 14.7. The first-order valence-corrected chi connectivity index (χ1v) is 7.18. The molecule has 1 aromatic rings. The van der Waals surface area contributed by atoms with Crippen LogP contribution in [0.3, 0.4) is 0 Å². The minimum Gasteiger partial charge on any atom is -0.484 e. The molecule has 1 amide bonds.